The molecule has 0 bridgehead atoms. The number of nitrogens with zero attached hydrogens (tertiary/aromatic N) is 2. The van der Waals surface area contributed by atoms with Gasteiger partial charge in [0.1, 0.15) is 11.5 Å². The van der Waals surface area contributed by atoms with E-state index < -0.39 is 0 Å². The molecule has 4 rings (SSSR count). The van der Waals surface area contributed by atoms with Crippen LogP contribution in [0.25, 0.3) is 11.5 Å². The second-order valence-corrected chi connectivity index (χ2v) is 8.14. The molecule has 0 atom stereocenters. The maximum absolute atomic E-state index is 5.72. The Morgan fingerprint density at radius 2 is 2.19 bits per heavy atom. The molecule has 0 aromatic carbocycles. The fraction of sp³-hybridized carbons (Fsp3) is 0.450. The van der Waals surface area contributed by atoms with Crippen LogP contribution in [0.15, 0.2) is 40.3 Å². The largest absolute Gasteiger partial charge is 0.460 e. The van der Waals surface area contributed by atoms with Crippen molar-refractivity contribution in [1.29, 1.82) is 0 Å². The molecule has 1 fully saturated rings. The normalized spacial score (nSPS) is 16.3. The maximum atomic E-state index is 5.72. The van der Waals surface area contributed by atoms with Crippen LogP contribution in [-0.4, -0.2) is 34.7 Å². The van der Waals surface area contributed by atoms with Gasteiger partial charge in [0, 0.05) is 23.5 Å². The van der Waals surface area contributed by atoms with E-state index in [0.717, 1.165) is 48.3 Å². The Bertz CT molecular complexity index is 800. The quantitative estimate of drug-likeness (QED) is 0.659. The molecule has 1 aliphatic rings. The Morgan fingerprint density at radius 1 is 1.31 bits per heavy atom. The molecule has 138 valence electrons. The minimum Gasteiger partial charge on any atom is -0.460 e. The third kappa shape index (κ3) is 4.26. The van der Waals surface area contributed by atoms with Crippen LogP contribution in [0, 0.1) is 12.8 Å². The fourth-order valence-electron chi connectivity index (χ4n) is 3.61. The number of hydrogen-bond donors (Lipinski definition) is 2. The van der Waals surface area contributed by atoms with E-state index in [2.05, 4.69) is 37.9 Å². The average Bonchev–Trinajstić information content (AvgIpc) is 3.38. The molecule has 4 heterocycles. The van der Waals surface area contributed by atoms with Crippen molar-refractivity contribution < 1.29 is 4.42 Å². The van der Waals surface area contributed by atoms with E-state index in [0.29, 0.717) is 0 Å². The van der Waals surface area contributed by atoms with Crippen molar-refractivity contribution in [3.63, 3.8) is 0 Å². The van der Waals surface area contributed by atoms with E-state index in [9.17, 15) is 0 Å². The predicted octanol–water partition coefficient (Wildman–Crippen LogP) is 4.04. The third-order valence-electron chi connectivity index (χ3n) is 5.12. The highest BCUT2D eigenvalue weighted by Gasteiger charge is 2.19. The number of aryl methyl sites for hydroxylation is 1. The molecular weight excluding hydrogens is 344 g/mol. The predicted molar refractivity (Wildman–Crippen MR) is 105 cm³/mol. The first-order valence-electron chi connectivity index (χ1n) is 9.32. The highest BCUT2D eigenvalue weighted by molar-refractivity contribution is 7.09. The number of H-pyrrole nitrogens is 1. The molecule has 2 N–H and O–H groups in total. The molecule has 5 nitrogen and oxygen atoms in total. The van der Waals surface area contributed by atoms with Crippen molar-refractivity contribution in [2.75, 3.05) is 19.6 Å². The van der Waals surface area contributed by atoms with Crippen molar-refractivity contribution in [2.24, 2.45) is 5.92 Å². The summed E-state index contributed by atoms with van der Waals surface area (Å²) in [6.07, 6.45) is 4.44. The van der Waals surface area contributed by atoms with Crippen LogP contribution in [0.5, 0.6) is 0 Å². The van der Waals surface area contributed by atoms with Crippen LogP contribution in [0.2, 0.25) is 0 Å². The van der Waals surface area contributed by atoms with Crippen LogP contribution in [0.3, 0.4) is 0 Å². The number of furan rings is 1. The smallest absolute Gasteiger partial charge is 0.152 e. The van der Waals surface area contributed by atoms with Gasteiger partial charge in [-0.3, -0.25) is 10.00 Å². The number of thiophene rings is 1. The lowest BCUT2D eigenvalue weighted by molar-refractivity contribution is 0.176. The Labute approximate surface area is 158 Å². The Hall–Kier alpha value is -1.89. The number of nitrogens with one attached hydrogen (secondary N) is 2. The summed E-state index contributed by atoms with van der Waals surface area (Å²) in [7, 11) is 0. The summed E-state index contributed by atoms with van der Waals surface area (Å²) in [6.45, 7) is 7.36. The first-order valence-corrected chi connectivity index (χ1v) is 10.2. The van der Waals surface area contributed by atoms with Crippen molar-refractivity contribution in [1.82, 2.24) is 20.4 Å². The second-order valence-electron chi connectivity index (χ2n) is 7.11. The number of aromatic amines is 1. The minimum atomic E-state index is 0.760. The van der Waals surface area contributed by atoms with Gasteiger partial charge in [0.15, 0.2) is 5.76 Å². The molecule has 3 aromatic rings. The van der Waals surface area contributed by atoms with Gasteiger partial charge in [0.05, 0.1) is 6.20 Å². The van der Waals surface area contributed by atoms with Gasteiger partial charge in [-0.25, -0.2) is 0 Å². The highest BCUT2D eigenvalue weighted by atomic mass is 32.1. The number of likely N-dealkylation sites (tertiary alicyclic amines) is 1. The summed E-state index contributed by atoms with van der Waals surface area (Å²) < 4.78 is 5.72. The average molecular weight is 371 g/mol. The molecule has 0 spiro atoms. The zero-order chi connectivity index (χ0) is 17.8. The third-order valence-corrected chi connectivity index (χ3v) is 5.98. The Balaban J connectivity index is 1.22. The fourth-order valence-corrected chi connectivity index (χ4v) is 4.36. The molecule has 3 aromatic heterocycles. The van der Waals surface area contributed by atoms with Gasteiger partial charge in [-0.05, 0) is 68.9 Å². The maximum Gasteiger partial charge on any atom is 0.152 e. The van der Waals surface area contributed by atoms with Gasteiger partial charge in [-0.1, -0.05) is 6.07 Å². The van der Waals surface area contributed by atoms with Crippen LogP contribution in [0.1, 0.15) is 29.0 Å². The van der Waals surface area contributed by atoms with Crippen molar-refractivity contribution in [3.05, 3.63) is 52.0 Å². The molecule has 6 heteroatoms. The SMILES string of the molecule is Cc1ccc(-c2[nH]ncc2CNCC2CCN(Cc3cccs3)CC2)o1. The molecule has 26 heavy (non-hydrogen) atoms. The standard InChI is InChI=1S/C20H26N4OS/c1-15-4-5-19(25-15)20-17(13-22-23-20)12-21-11-16-6-8-24(9-7-16)14-18-3-2-10-26-18/h2-5,10,13,16,21H,6-9,11-12,14H2,1H3,(H,22,23). The van der Waals surface area contributed by atoms with Crippen molar-refractivity contribution in [3.8, 4) is 11.5 Å². The zero-order valence-electron chi connectivity index (χ0n) is 15.2. The van der Waals surface area contributed by atoms with Crippen LogP contribution in [0.4, 0.5) is 0 Å². The first kappa shape index (κ1) is 17.5. The van der Waals surface area contributed by atoms with Crippen LogP contribution >= 0.6 is 11.3 Å². The topological polar surface area (TPSA) is 57.1 Å². The number of aromatic nitrogens is 2. The molecule has 0 unspecified atom stereocenters. The van der Waals surface area contributed by atoms with Gasteiger partial charge < -0.3 is 9.73 Å². The van der Waals surface area contributed by atoms with Gasteiger partial charge >= 0.3 is 0 Å². The molecule has 1 saturated heterocycles. The summed E-state index contributed by atoms with van der Waals surface area (Å²) in [5.74, 6) is 2.54. The van der Waals surface area contributed by atoms with Crippen molar-refractivity contribution >= 4 is 11.3 Å². The summed E-state index contributed by atoms with van der Waals surface area (Å²) in [5, 5.41) is 13.0. The molecule has 0 aliphatic carbocycles. The lowest BCUT2D eigenvalue weighted by Gasteiger charge is -2.31. The molecule has 0 amide bonds. The number of piperidine rings is 1. The Kier molecular flexibility index (Phi) is 5.53. The molecule has 0 saturated carbocycles. The van der Waals surface area contributed by atoms with Crippen LogP contribution < -0.4 is 5.32 Å². The summed E-state index contributed by atoms with van der Waals surface area (Å²) in [5.41, 5.74) is 2.14. The van der Waals surface area contributed by atoms with Gasteiger partial charge in [-0.15, -0.1) is 11.3 Å². The first-order chi connectivity index (χ1) is 12.8. The van der Waals surface area contributed by atoms with E-state index >= 15 is 0 Å². The van der Waals surface area contributed by atoms with E-state index in [1.807, 2.05) is 36.6 Å². The van der Waals surface area contributed by atoms with Crippen LogP contribution in [-0.2, 0) is 13.1 Å². The zero-order valence-corrected chi connectivity index (χ0v) is 16.0. The number of hydrogen-bond acceptors (Lipinski definition) is 5. The van der Waals surface area contributed by atoms with Gasteiger partial charge in [0.2, 0.25) is 0 Å². The van der Waals surface area contributed by atoms with Gasteiger partial charge in [0.25, 0.3) is 0 Å². The Morgan fingerprint density at radius 3 is 2.92 bits per heavy atom. The second kappa shape index (κ2) is 8.20. The van der Waals surface area contributed by atoms with E-state index in [-0.39, 0.29) is 0 Å². The summed E-state index contributed by atoms with van der Waals surface area (Å²) >= 11 is 1.86. The monoisotopic (exact) mass is 370 g/mol. The molecule has 0 radical (unpaired) electrons. The lowest BCUT2D eigenvalue weighted by atomic mass is 9.96. The lowest BCUT2D eigenvalue weighted by Crippen LogP contribution is -2.36. The van der Waals surface area contributed by atoms with E-state index in [1.54, 1.807) is 0 Å². The minimum absolute atomic E-state index is 0.760. The van der Waals surface area contributed by atoms with Crippen molar-refractivity contribution in [2.45, 2.75) is 32.9 Å². The summed E-state index contributed by atoms with van der Waals surface area (Å²) in [6, 6.07) is 8.36. The highest BCUT2D eigenvalue weighted by Crippen LogP contribution is 2.24. The van der Waals surface area contributed by atoms with Gasteiger partial charge in [-0.2, -0.15) is 5.10 Å². The summed E-state index contributed by atoms with van der Waals surface area (Å²) in [4.78, 5) is 4.05. The molecular formula is C20H26N4OS. The van der Waals surface area contributed by atoms with E-state index in [4.69, 9.17) is 4.42 Å². The number of rotatable bonds is 7. The molecule has 1 aliphatic heterocycles. The van der Waals surface area contributed by atoms with E-state index in [1.165, 1.54) is 30.8 Å².